The number of sulfonamides is 1. The number of nitrogens with zero attached hydrogens (tertiary/aromatic N) is 3. The first-order valence-corrected chi connectivity index (χ1v) is 10.8. The second kappa shape index (κ2) is 7.12. The van der Waals surface area contributed by atoms with E-state index >= 15 is 0 Å². The number of aromatic nitrogens is 2. The summed E-state index contributed by atoms with van der Waals surface area (Å²) in [4.78, 5) is 12.7. The van der Waals surface area contributed by atoms with Crippen molar-refractivity contribution in [3.63, 3.8) is 0 Å². The summed E-state index contributed by atoms with van der Waals surface area (Å²) >= 11 is 0. The van der Waals surface area contributed by atoms with Crippen LogP contribution in [0.25, 0.3) is 5.69 Å². The lowest BCUT2D eigenvalue weighted by Gasteiger charge is -2.29. The minimum atomic E-state index is -3.32. The van der Waals surface area contributed by atoms with Crippen LogP contribution in [0.2, 0.25) is 0 Å². The first kappa shape index (κ1) is 18.2. The standard InChI is InChI=1S/C20H20N4O3S/c1-28(26,27)24-12-3-5-15-13-16(8-9-19(15)24)20(25)22-17-6-2-7-18(14-17)23-11-4-10-21-23/h2,4,6-11,13-14H,3,5,12H2,1H3,(H,22,25). The predicted molar refractivity (Wildman–Crippen MR) is 108 cm³/mol. The Kier molecular flexibility index (Phi) is 4.64. The van der Waals surface area contributed by atoms with E-state index in [1.54, 1.807) is 29.1 Å². The lowest BCUT2D eigenvalue weighted by atomic mass is 10.0. The highest BCUT2D eigenvalue weighted by Crippen LogP contribution is 2.30. The van der Waals surface area contributed by atoms with Crippen molar-refractivity contribution in [2.24, 2.45) is 0 Å². The van der Waals surface area contributed by atoms with E-state index in [2.05, 4.69) is 10.4 Å². The first-order valence-electron chi connectivity index (χ1n) is 8.94. The van der Waals surface area contributed by atoms with E-state index in [0.717, 1.165) is 24.1 Å². The average Bonchev–Trinajstić information content (AvgIpc) is 3.21. The van der Waals surface area contributed by atoms with Gasteiger partial charge in [0.2, 0.25) is 10.0 Å². The Morgan fingerprint density at radius 1 is 1.14 bits per heavy atom. The van der Waals surface area contributed by atoms with Crippen LogP contribution in [0.15, 0.2) is 60.9 Å². The van der Waals surface area contributed by atoms with E-state index in [0.29, 0.717) is 23.5 Å². The largest absolute Gasteiger partial charge is 0.322 e. The van der Waals surface area contributed by atoms with Crippen molar-refractivity contribution in [1.82, 2.24) is 9.78 Å². The van der Waals surface area contributed by atoms with Crippen LogP contribution in [0, 0.1) is 0 Å². The molecule has 1 aliphatic rings. The fraction of sp³-hybridized carbons (Fsp3) is 0.200. The van der Waals surface area contributed by atoms with Crippen LogP contribution in [0.3, 0.4) is 0 Å². The Balaban J connectivity index is 1.57. The van der Waals surface area contributed by atoms with Crippen LogP contribution in [0.5, 0.6) is 0 Å². The maximum Gasteiger partial charge on any atom is 0.255 e. The number of anilines is 2. The van der Waals surface area contributed by atoms with Crippen LogP contribution < -0.4 is 9.62 Å². The van der Waals surface area contributed by atoms with Crippen molar-refractivity contribution < 1.29 is 13.2 Å². The minimum Gasteiger partial charge on any atom is -0.322 e. The molecule has 0 radical (unpaired) electrons. The van der Waals surface area contributed by atoms with Gasteiger partial charge in [0.25, 0.3) is 5.91 Å². The van der Waals surface area contributed by atoms with Crippen LogP contribution >= 0.6 is 0 Å². The molecule has 0 atom stereocenters. The summed E-state index contributed by atoms with van der Waals surface area (Å²) in [5, 5.41) is 7.09. The predicted octanol–water partition coefficient (Wildman–Crippen LogP) is 2.84. The number of hydrogen-bond donors (Lipinski definition) is 1. The zero-order valence-corrected chi connectivity index (χ0v) is 16.2. The van der Waals surface area contributed by atoms with Gasteiger partial charge in [-0.25, -0.2) is 13.1 Å². The molecular formula is C20H20N4O3S. The molecule has 2 heterocycles. The number of benzene rings is 2. The third-order valence-electron chi connectivity index (χ3n) is 4.69. The van der Waals surface area contributed by atoms with Gasteiger partial charge in [-0.2, -0.15) is 5.10 Å². The van der Waals surface area contributed by atoms with Crippen LogP contribution in [0.4, 0.5) is 11.4 Å². The van der Waals surface area contributed by atoms with E-state index in [-0.39, 0.29) is 5.91 Å². The number of carbonyl (C=O) groups is 1. The number of carbonyl (C=O) groups excluding carboxylic acids is 1. The second-order valence-electron chi connectivity index (χ2n) is 6.74. The zero-order chi connectivity index (χ0) is 19.7. The third kappa shape index (κ3) is 3.63. The number of aryl methyl sites for hydroxylation is 1. The van der Waals surface area contributed by atoms with Crippen LogP contribution in [-0.2, 0) is 16.4 Å². The maximum atomic E-state index is 12.7. The lowest BCUT2D eigenvalue weighted by molar-refractivity contribution is 0.102. The van der Waals surface area contributed by atoms with E-state index in [9.17, 15) is 13.2 Å². The number of hydrogen-bond acceptors (Lipinski definition) is 4. The summed E-state index contributed by atoms with van der Waals surface area (Å²) in [5.74, 6) is -0.239. The Morgan fingerprint density at radius 2 is 2.00 bits per heavy atom. The molecule has 1 amide bonds. The third-order valence-corrected chi connectivity index (χ3v) is 5.87. The van der Waals surface area contributed by atoms with Crippen molar-refractivity contribution in [2.75, 3.05) is 22.4 Å². The molecule has 4 rings (SSSR count). The molecular weight excluding hydrogens is 376 g/mol. The highest BCUT2D eigenvalue weighted by molar-refractivity contribution is 7.92. The minimum absolute atomic E-state index is 0.239. The van der Waals surface area contributed by atoms with Gasteiger partial charge in [0.05, 0.1) is 17.6 Å². The van der Waals surface area contributed by atoms with Crippen molar-refractivity contribution in [2.45, 2.75) is 12.8 Å². The fourth-order valence-corrected chi connectivity index (χ4v) is 4.40. The van der Waals surface area contributed by atoms with Crippen molar-refractivity contribution in [1.29, 1.82) is 0 Å². The normalized spacial score (nSPS) is 13.8. The molecule has 3 aromatic rings. The lowest BCUT2D eigenvalue weighted by Crippen LogP contribution is -2.34. The van der Waals surface area contributed by atoms with Gasteiger partial charge in [0, 0.05) is 30.2 Å². The summed E-state index contributed by atoms with van der Waals surface area (Å²) in [6.07, 6.45) is 6.21. The van der Waals surface area contributed by atoms with Gasteiger partial charge in [-0.15, -0.1) is 0 Å². The molecule has 0 saturated heterocycles. The highest BCUT2D eigenvalue weighted by atomic mass is 32.2. The van der Waals surface area contributed by atoms with E-state index in [1.807, 2.05) is 36.5 Å². The van der Waals surface area contributed by atoms with Crippen molar-refractivity contribution in [3.05, 3.63) is 72.1 Å². The molecule has 1 aromatic heterocycles. The van der Waals surface area contributed by atoms with E-state index < -0.39 is 10.0 Å². The molecule has 0 aliphatic carbocycles. The Morgan fingerprint density at radius 3 is 2.75 bits per heavy atom. The summed E-state index contributed by atoms with van der Waals surface area (Å²) in [5.41, 5.74) is 3.53. The SMILES string of the molecule is CS(=O)(=O)N1CCCc2cc(C(=O)Nc3cccc(-n4cccn4)c3)ccc21. The molecule has 7 nitrogen and oxygen atoms in total. The summed E-state index contributed by atoms with van der Waals surface area (Å²) in [6.45, 7) is 0.470. The maximum absolute atomic E-state index is 12.7. The number of fused-ring (bicyclic) bond motifs is 1. The summed E-state index contributed by atoms with van der Waals surface area (Å²) < 4.78 is 27.1. The van der Waals surface area contributed by atoms with Gasteiger partial charge in [0.15, 0.2) is 0 Å². The summed E-state index contributed by atoms with van der Waals surface area (Å²) in [7, 11) is -3.32. The summed E-state index contributed by atoms with van der Waals surface area (Å²) in [6, 6.07) is 14.4. The second-order valence-corrected chi connectivity index (χ2v) is 8.64. The van der Waals surface area contributed by atoms with Gasteiger partial charge < -0.3 is 5.32 Å². The molecule has 0 bridgehead atoms. The van der Waals surface area contributed by atoms with Crippen LogP contribution in [-0.4, -0.2) is 36.9 Å². The molecule has 0 unspecified atom stereocenters. The van der Waals surface area contributed by atoms with Gasteiger partial charge in [-0.05, 0) is 60.9 Å². The first-order chi connectivity index (χ1) is 13.4. The van der Waals surface area contributed by atoms with Gasteiger partial charge in [-0.3, -0.25) is 9.10 Å². The van der Waals surface area contributed by atoms with Crippen molar-refractivity contribution in [3.8, 4) is 5.69 Å². The van der Waals surface area contributed by atoms with E-state index in [1.165, 1.54) is 10.6 Å². The number of rotatable bonds is 4. The van der Waals surface area contributed by atoms with Gasteiger partial charge in [0.1, 0.15) is 0 Å². The Hall–Kier alpha value is -3.13. The van der Waals surface area contributed by atoms with Gasteiger partial charge >= 0.3 is 0 Å². The molecule has 1 aliphatic heterocycles. The van der Waals surface area contributed by atoms with Crippen LogP contribution in [0.1, 0.15) is 22.3 Å². The topological polar surface area (TPSA) is 84.3 Å². The van der Waals surface area contributed by atoms with Gasteiger partial charge in [-0.1, -0.05) is 6.07 Å². The molecule has 1 N–H and O–H groups in total. The monoisotopic (exact) mass is 396 g/mol. The van der Waals surface area contributed by atoms with E-state index in [4.69, 9.17) is 0 Å². The number of nitrogens with one attached hydrogen (secondary N) is 1. The molecule has 144 valence electrons. The molecule has 2 aromatic carbocycles. The molecule has 0 spiro atoms. The Labute approximate surface area is 163 Å². The Bertz CT molecular complexity index is 1120. The smallest absolute Gasteiger partial charge is 0.255 e. The van der Waals surface area contributed by atoms with Crippen molar-refractivity contribution >= 4 is 27.3 Å². The quantitative estimate of drug-likeness (QED) is 0.735. The zero-order valence-electron chi connectivity index (χ0n) is 15.4. The molecule has 28 heavy (non-hydrogen) atoms. The molecule has 0 fully saturated rings. The molecule has 8 heteroatoms. The molecule has 0 saturated carbocycles. The average molecular weight is 396 g/mol. The highest BCUT2D eigenvalue weighted by Gasteiger charge is 2.24. The fourth-order valence-electron chi connectivity index (χ4n) is 3.40. The number of amides is 1.